The Balaban J connectivity index is 1.54. The average molecular weight is 385 g/mol. The van der Waals surface area contributed by atoms with Gasteiger partial charge in [-0.2, -0.15) is 0 Å². The van der Waals surface area contributed by atoms with E-state index in [0.717, 1.165) is 44.4 Å². The van der Waals surface area contributed by atoms with E-state index >= 15 is 0 Å². The highest BCUT2D eigenvalue weighted by atomic mass is 19.2. The van der Waals surface area contributed by atoms with Gasteiger partial charge in [-0.15, -0.1) is 0 Å². The van der Waals surface area contributed by atoms with Crippen LogP contribution in [0.25, 0.3) is 0 Å². The molecule has 2 fully saturated rings. The van der Waals surface area contributed by atoms with Crippen molar-refractivity contribution in [2.75, 3.05) is 7.11 Å². The molecule has 0 radical (unpaired) electrons. The van der Waals surface area contributed by atoms with Crippen LogP contribution in [-0.4, -0.2) is 29.9 Å². The molecule has 2 aliphatic heterocycles. The van der Waals surface area contributed by atoms with Crippen molar-refractivity contribution in [2.24, 2.45) is 5.92 Å². The summed E-state index contributed by atoms with van der Waals surface area (Å²) >= 11 is 0. The van der Waals surface area contributed by atoms with Crippen molar-refractivity contribution in [3.63, 3.8) is 0 Å². The summed E-state index contributed by atoms with van der Waals surface area (Å²) in [7, 11) is 1.38. The average Bonchev–Trinajstić information content (AvgIpc) is 2.69. The number of halogens is 2. The molecule has 2 bridgehead atoms. The van der Waals surface area contributed by atoms with Gasteiger partial charge < -0.3 is 4.74 Å². The van der Waals surface area contributed by atoms with Gasteiger partial charge in [0.2, 0.25) is 0 Å². The molecule has 0 N–H and O–H groups in total. The van der Waals surface area contributed by atoms with E-state index in [1.54, 1.807) is 0 Å². The molecule has 2 aliphatic rings. The van der Waals surface area contributed by atoms with Crippen molar-refractivity contribution in [2.45, 2.75) is 50.7 Å². The minimum atomic E-state index is -1.01. The maximum absolute atomic E-state index is 13.8. The van der Waals surface area contributed by atoms with Crippen molar-refractivity contribution < 1.29 is 18.3 Å². The molecule has 4 rings (SSSR count). The van der Waals surface area contributed by atoms with Crippen LogP contribution in [0.1, 0.15) is 48.0 Å². The number of methoxy groups -OCH3 is 1. The van der Waals surface area contributed by atoms with Gasteiger partial charge in [-0.3, -0.25) is 9.69 Å². The molecule has 3 nitrogen and oxygen atoms in total. The van der Waals surface area contributed by atoms with Crippen LogP contribution >= 0.6 is 0 Å². The lowest BCUT2D eigenvalue weighted by Gasteiger charge is -2.48. The van der Waals surface area contributed by atoms with Crippen LogP contribution in [0.3, 0.4) is 0 Å². The summed E-state index contributed by atoms with van der Waals surface area (Å²) in [4.78, 5) is 15.7. The normalized spacial score (nSPS) is 24.8. The summed E-state index contributed by atoms with van der Waals surface area (Å²) in [6.07, 6.45) is 4.83. The molecule has 0 saturated carbocycles. The smallest absolute Gasteiger partial charge is 0.169 e. The van der Waals surface area contributed by atoms with Gasteiger partial charge in [-0.1, -0.05) is 36.8 Å². The standard InChI is InChI=1S/C23H25F2NO2/c1-28-22-13-21(25)20(24)12-19(22)23(27)16-10-17-8-5-9-18(11-16)26(17)14-15-6-3-2-4-7-15/h2-4,6-7,12-13,16-18H,5,8-11,14H2,1H3. The van der Waals surface area contributed by atoms with Crippen molar-refractivity contribution in [3.8, 4) is 5.75 Å². The van der Waals surface area contributed by atoms with E-state index in [9.17, 15) is 13.6 Å². The van der Waals surface area contributed by atoms with E-state index < -0.39 is 11.6 Å². The molecule has 0 aromatic heterocycles. The number of ether oxygens (including phenoxy) is 1. The monoisotopic (exact) mass is 385 g/mol. The Morgan fingerprint density at radius 2 is 1.71 bits per heavy atom. The second-order valence-electron chi connectivity index (χ2n) is 7.90. The van der Waals surface area contributed by atoms with Crippen LogP contribution in [0.4, 0.5) is 8.78 Å². The summed E-state index contributed by atoms with van der Waals surface area (Å²) in [5.74, 6) is -2.21. The van der Waals surface area contributed by atoms with Crippen molar-refractivity contribution in [1.29, 1.82) is 0 Å². The molecular formula is C23H25F2NO2. The number of carbonyl (C=O) groups excluding carboxylic acids is 1. The van der Waals surface area contributed by atoms with Gasteiger partial charge >= 0.3 is 0 Å². The van der Waals surface area contributed by atoms with Gasteiger partial charge in [0.15, 0.2) is 17.4 Å². The molecule has 148 valence electrons. The van der Waals surface area contributed by atoms with E-state index in [4.69, 9.17) is 4.74 Å². The first-order chi connectivity index (χ1) is 13.6. The van der Waals surface area contributed by atoms with Gasteiger partial charge in [0, 0.05) is 30.6 Å². The minimum absolute atomic E-state index is 0.112. The largest absolute Gasteiger partial charge is 0.496 e. The Bertz CT molecular complexity index is 841. The Morgan fingerprint density at radius 3 is 2.36 bits per heavy atom. The van der Waals surface area contributed by atoms with E-state index in [1.165, 1.54) is 19.1 Å². The zero-order valence-corrected chi connectivity index (χ0v) is 16.0. The van der Waals surface area contributed by atoms with Crippen LogP contribution < -0.4 is 4.74 Å². The maximum atomic E-state index is 13.8. The third kappa shape index (κ3) is 3.68. The predicted molar refractivity (Wildman–Crippen MR) is 103 cm³/mol. The SMILES string of the molecule is COc1cc(F)c(F)cc1C(=O)C1CC2CCCC(C1)N2Cc1ccccc1. The summed E-state index contributed by atoms with van der Waals surface area (Å²) in [5.41, 5.74) is 1.44. The third-order valence-corrected chi connectivity index (χ3v) is 6.21. The van der Waals surface area contributed by atoms with Crippen molar-refractivity contribution in [3.05, 3.63) is 65.2 Å². The minimum Gasteiger partial charge on any atom is -0.496 e. The summed E-state index contributed by atoms with van der Waals surface area (Å²) < 4.78 is 32.4. The zero-order valence-electron chi connectivity index (χ0n) is 16.0. The van der Waals surface area contributed by atoms with Crippen molar-refractivity contribution >= 4 is 5.78 Å². The number of rotatable bonds is 5. The number of carbonyl (C=O) groups is 1. The Morgan fingerprint density at radius 1 is 1.07 bits per heavy atom. The number of hydrogen-bond donors (Lipinski definition) is 0. The molecule has 2 aromatic rings. The van der Waals surface area contributed by atoms with Crippen molar-refractivity contribution in [1.82, 2.24) is 4.90 Å². The number of nitrogens with zero attached hydrogens (tertiary/aromatic N) is 1. The predicted octanol–water partition coefficient (Wildman–Crippen LogP) is 4.99. The molecule has 2 aromatic carbocycles. The van der Waals surface area contributed by atoms with E-state index in [0.29, 0.717) is 12.1 Å². The fraction of sp³-hybridized carbons (Fsp3) is 0.435. The molecule has 28 heavy (non-hydrogen) atoms. The first kappa shape index (κ1) is 19.1. The third-order valence-electron chi connectivity index (χ3n) is 6.21. The van der Waals surface area contributed by atoms with E-state index in [-0.39, 0.29) is 23.0 Å². The summed E-state index contributed by atoms with van der Waals surface area (Å²) in [6.45, 7) is 0.894. The molecule has 0 spiro atoms. The number of piperidine rings is 2. The number of fused-ring (bicyclic) bond motifs is 2. The Hall–Kier alpha value is -2.27. The van der Waals surface area contributed by atoms with Gasteiger partial charge in [0.25, 0.3) is 0 Å². The second kappa shape index (κ2) is 8.00. The highest BCUT2D eigenvalue weighted by Crippen LogP contribution is 2.40. The first-order valence-corrected chi connectivity index (χ1v) is 9.93. The highest BCUT2D eigenvalue weighted by Gasteiger charge is 2.41. The molecular weight excluding hydrogens is 360 g/mol. The molecule has 2 unspecified atom stereocenters. The lowest BCUT2D eigenvalue weighted by Crippen LogP contribution is -2.52. The molecule has 2 saturated heterocycles. The van der Waals surface area contributed by atoms with Gasteiger partial charge in [-0.25, -0.2) is 8.78 Å². The van der Waals surface area contributed by atoms with Gasteiger partial charge in [0.1, 0.15) is 5.75 Å². The van der Waals surface area contributed by atoms with Crippen LogP contribution in [0.15, 0.2) is 42.5 Å². The number of ketones is 1. The van der Waals surface area contributed by atoms with E-state index in [1.807, 2.05) is 6.07 Å². The fourth-order valence-electron chi connectivity index (χ4n) is 4.85. The fourth-order valence-corrected chi connectivity index (χ4v) is 4.85. The van der Waals surface area contributed by atoms with E-state index in [2.05, 4.69) is 29.2 Å². The van der Waals surface area contributed by atoms with Crippen LogP contribution in [0.2, 0.25) is 0 Å². The van der Waals surface area contributed by atoms with Crippen LogP contribution in [0.5, 0.6) is 5.75 Å². The highest BCUT2D eigenvalue weighted by molar-refractivity contribution is 6.00. The maximum Gasteiger partial charge on any atom is 0.169 e. The molecule has 0 amide bonds. The first-order valence-electron chi connectivity index (χ1n) is 9.93. The number of Topliss-reactive ketones (excluding diaryl/α,β-unsaturated/α-hetero) is 1. The Kier molecular flexibility index (Phi) is 5.44. The molecule has 2 atom stereocenters. The lowest BCUT2D eigenvalue weighted by molar-refractivity contribution is 0.00897. The topological polar surface area (TPSA) is 29.5 Å². The molecule has 2 heterocycles. The number of benzene rings is 2. The summed E-state index contributed by atoms with van der Waals surface area (Å²) in [5, 5.41) is 0. The van der Waals surface area contributed by atoms with Gasteiger partial charge in [-0.05, 0) is 37.3 Å². The zero-order chi connectivity index (χ0) is 19.7. The van der Waals surface area contributed by atoms with Crippen LogP contribution in [0, 0.1) is 17.6 Å². The Labute approximate surface area is 164 Å². The summed E-state index contributed by atoms with van der Waals surface area (Å²) in [6, 6.07) is 13.0. The van der Waals surface area contributed by atoms with Gasteiger partial charge in [0.05, 0.1) is 12.7 Å². The second-order valence-corrected chi connectivity index (χ2v) is 7.90. The lowest BCUT2D eigenvalue weighted by atomic mass is 9.75. The molecule has 5 heteroatoms. The number of hydrogen-bond acceptors (Lipinski definition) is 3. The van der Waals surface area contributed by atoms with Crippen LogP contribution in [-0.2, 0) is 6.54 Å². The molecule has 0 aliphatic carbocycles. The quantitative estimate of drug-likeness (QED) is 0.679.